The lowest BCUT2D eigenvalue weighted by Gasteiger charge is -2.23. The van der Waals surface area contributed by atoms with E-state index >= 15 is 0 Å². The average molecular weight is 311 g/mol. The minimum absolute atomic E-state index is 0.229. The number of alkyl halides is 1. The largest absolute Gasteiger partial charge is 0.420 e. The zero-order valence-electron chi connectivity index (χ0n) is 10.2. The quantitative estimate of drug-likeness (QED) is 0.535. The summed E-state index contributed by atoms with van der Waals surface area (Å²) in [6.45, 7) is 0. The van der Waals surface area contributed by atoms with Crippen LogP contribution in [0.2, 0.25) is 0 Å². The minimum Gasteiger partial charge on any atom is -0.420 e. The molecule has 1 N–H and O–H groups in total. The van der Waals surface area contributed by atoms with E-state index in [9.17, 15) is 13.6 Å². The Bertz CT molecular complexity index is 618. The Morgan fingerprint density at radius 2 is 1.55 bits per heavy atom. The standard InChI is InChI=1S/C14H11ClO4S/c15-14(20(17)18,12-9-5-2-6-10-12)19-13(16)11-7-3-1-4-8-11/h1-10H,(H,17,18). The van der Waals surface area contributed by atoms with Crippen molar-refractivity contribution in [2.45, 2.75) is 4.39 Å². The molecule has 0 amide bonds. The van der Waals surface area contributed by atoms with Crippen LogP contribution in [-0.4, -0.2) is 14.7 Å². The highest BCUT2D eigenvalue weighted by atomic mass is 35.5. The Balaban J connectivity index is 2.32. The van der Waals surface area contributed by atoms with Crippen LogP contribution in [0.1, 0.15) is 15.9 Å². The summed E-state index contributed by atoms with van der Waals surface area (Å²) in [5.74, 6) is -0.771. The van der Waals surface area contributed by atoms with E-state index in [0.29, 0.717) is 0 Å². The van der Waals surface area contributed by atoms with Crippen LogP contribution in [0.4, 0.5) is 0 Å². The summed E-state index contributed by atoms with van der Waals surface area (Å²) in [6, 6.07) is 16.1. The van der Waals surface area contributed by atoms with Crippen molar-refractivity contribution in [3.63, 3.8) is 0 Å². The van der Waals surface area contributed by atoms with E-state index in [2.05, 4.69) is 0 Å². The Morgan fingerprint density at radius 1 is 1.05 bits per heavy atom. The molecule has 2 aromatic rings. The normalized spacial score (nSPS) is 15.1. The summed E-state index contributed by atoms with van der Waals surface area (Å²) in [7, 11) is 0. The van der Waals surface area contributed by atoms with Crippen LogP contribution in [-0.2, 0) is 20.2 Å². The predicted molar refractivity (Wildman–Crippen MR) is 76.6 cm³/mol. The lowest BCUT2D eigenvalue weighted by Crippen LogP contribution is -2.31. The first-order chi connectivity index (χ1) is 9.54. The molecule has 6 heteroatoms. The Kier molecular flexibility index (Phi) is 4.54. The van der Waals surface area contributed by atoms with Gasteiger partial charge in [0.05, 0.1) is 5.56 Å². The maximum atomic E-state index is 12.0. The summed E-state index contributed by atoms with van der Waals surface area (Å²) in [5.41, 5.74) is 0.477. The molecule has 0 bridgehead atoms. The van der Waals surface area contributed by atoms with Crippen LogP contribution in [0.5, 0.6) is 0 Å². The number of carbonyl (C=O) groups is 1. The SMILES string of the molecule is O=C(OC(Cl)(c1ccccc1)S(=O)O)c1ccccc1. The lowest BCUT2D eigenvalue weighted by molar-refractivity contribution is 0.0359. The molecule has 2 rings (SSSR count). The summed E-state index contributed by atoms with van der Waals surface area (Å²) in [5, 5.41) is 0. The van der Waals surface area contributed by atoms with Gasteiger partial charge in [0, 0.05) is 5.56 Å². The molecule has 4 nitrogen and oxygen atoms in total. The second kappa shape index (κ2) is 6.17. The minimum atomic E-state index is -2.59. The third kappa shape index (κ3) is 3.07. The first-order valence-corrected chi connectivity index (χ1v) is 7.16. The first kappa shape index (κ1) is 14.7. The number of ether oxygens (including phenoxy) is 1. The van der Waals surface area contributed by atoms with Crippen LogP contribution < -0.4 is 0 Å². The molecular weight excluding hydrogens is 300 g/mol. The van der Waals surface area contributed by atoms with E-state index in [-0.39, 0.29) is 11.1 Å². The molecule has 0 saturated carbocycles. The van der Waals surface area contributed by atoms with Gasteiger partial charge in [0.2, 0.25) is 11.1 Å². The molecule has 0 radical (unpaired) electrons. The van der Waals surface area contributed by atoms with Gasteiger partial charge in [-0.15, -0.1) is 0 Å². The highest BCUT2D eigenvalue weighted by Gasteiger charge is 2.41. The molecule has 20 heavy (non-hydrogen) atoms. The van der Waals surface area contributed by atoms with Gasteiger partial charge in [-0.2, -0.15) is 0 Å². The van der Waals surface area contributed by atoms with Gasteiger partial charge in [-0.1, -0.05) is 60.1 Å². The van der Waals surface area contributed by atoms with Crippen LogP contribution in [0.3, 0.4) is 0 Å². The third-order valence-electron chi connectivity index (χ3n) is 2.58. The van der Waals surface area contributed by atoms with Crippen LogP contribution in [0.15, 0.2) is 60.7 Å². The van der Waals surface area contributed by atoms with E-state index in [1.807, 2.05) is 0 Å². The molecule has 0 aliphatic carbocycles. The Labute approximate surface area is 123 Å². The molecule has 2 aromatic carbocycles. The number of carbonyl (C=O) groups excluding carboxylic acids is 1. The molecule has 0 aliphatic heterocycles. The second-order valence-electron chi connectivity index (χ2n) is 3.91. The predicted octanol–water partition coefficient (Wildman–Crippen LogP) is 3.11. The van der Waals surface area contributed by atoms with E-state index in [4.69, 9.17) is 16.3 Å². The van der Waals surface area contributed by atoms with Gasteiger partial charge in [0.15, 0.2) is 0 Å². The smallest absolute Gasteiger partial charge is 0.340 e. The van der Waals surface area contributed by atoms with Crippen LogP contribution >= 0.6 is 11.6 Å². The van der Waals surface area contributed by atoms with Crippen molar-refractivity contribution in [1.82, 2.24) is 0 Å². The van der Waals surface area contributed by atoms with Crippen molar-refractivity contribution in [2.75, 3.05) is 0 Å². The fraction of sp³-hybridized carbons (Fsp3) is 0.0714. The molecule has 0 fully saturated rings. The van der Waals surface area contributed by atoms with Crippen molar-refractivity contribution in [2.24, 2.45) is 0 Å². The molecule has 2 atom stereocenters. The van der Waals surface area contributed by atoms with Crippen LogP contribution in [0, 0.1) is 0 Å². The van der Waals surface area contributed by atoms with Crippen molar-refractivity contribution < 1.29 is 18.3 Å². The van der Waals surface area contributed by atoms with Gasteiger partial charge >= 0.3 is 10.4 Å². The van der Waals surface area contributed by atoms with Gasteiger partial charge < -0.3 is 9.29 Å². The van der Waals surface area contributed by atoms with E-state index in [1.54, 1.807) is 36.4 Å². The number of halogens is 1. The maximum Gasteiger partial charge on any atom is 0.340 e. The van der Waals surface area contributed by atoms with Crippen LogP contribution in [0.25, 0.3) is 0 Å². The maximum absolute atomic E-state index is 12.0. The first-order valence-electron chi connectivity index (χ1n) is 5.68. The summed E-state index contributed by atoms with van der Waals surface area (Å²) in [4.78, 5) is 12.0. The van der Waals surface area contributed by atoms with Gasteiger partial charge in [-0.05, 0) is 12.1 Å². The Morgan fingerprint density at radius 3 is 2.05 bits per heavy atom. The second-order valence-corrected chi connectivity index (χ2v) is 5.74. The van der Waals surface area contributed by atoms with Gasteiger partial charge in [-0.25, -0.2) is 9.00 Å². The zero-order chi connectivity index (χ0) is 14.6. The molecule has 0 aliphatic rings. The fourth-order valence-electron chi connectivity index (χ4n) is 1.59. The number of rotatable bonds is 4. The molecular formula is C14H11ClO4S. The van der Waals surface area contributed by atoms with E-state index in [0.717, 1.165) is 0 Å². The fourth-order valence-corrected chi connectivity index (χ4v) is 2.27. The van der Waals surface area contributed by atoms with Crippen molar-refractivity contribution in [1.29, 1.82) is 0 Å². The topological polar surface area (TPSA) is 63.6 Å². The molecule has 104 valence electrons. The van der Waals surface area contributed by atoms with Gasteiger partial charge in [-0.3, -0.25) is 0 Å². The van der Waals surface area contributed by atoms with Gasteiger partial charge in [0.1, 0.15) is 0 Å². The summed E-state index contributed by atoms with van der Waals surface area (Å²) < 4.78 is 23.8. The number of hydrogen-bond donors (Lipinski definition) is 1. The lowest BCUT2D eigenvalue weighted by atomic mass is 10.2. The number of hydrogen-bond acceptors (Lipinski definition) is 3. The average Bonchev–Trinajstić information content (AvgIpc) is 2.48. The number of esters is 1. The number of benzene rings is 2. The van der Waals surface area contributed by atoms with Gasteiger partial charge in [0.25, 0.3) is 0 Å². The third-order valence-corrected chi connectivity index (χ3v) is 4.04. The molecule has 0 spiro atoms. The van der Waals surface area contributed by atoms with Crippen molar-refractivity contribution in [3.05, 3.63) is 71.8 Å². The van der Waals surface area contributed by atoms with E-state index in [1.165, 1.54) is 24.3 Å². The zero-order valence-corrected chi connectivity index (χ0v) is 11.8. The molecule has 0 heterocycles. The summed E-state index contributed by atoms with van der Waals surface area (Å²) >= 11 is 3.46. The molecule has 0 aromatic heterocycles. The van der Waals surface area contributed by atoms with E-state index < -0.39 is 21.4 Å². The Hall–Kier alpha value is -1.69. The summed E-state index contributed by atoms with van der Waals surface area (Å²) in [6.07, 6.45) is 0. The molecule has 0 saturated heterocycles. The van der Waals surface area contributed by atoms with Crippen molar-refractivity contribution in [3.8, 4) is 0 Å². The molecule has 2 unspecified atom stereocenters. The van der Waals surface area contributed by atoms with Crippen molar-refractivity contribution >= 4 is 28.7 Å². The monoisotopic (exact) mass is 310 g/mol. The highest BCUT2D eigenvalue weighted by molar-refractivity contribution is 7.81. The highest BCUT2D eigenvalue weighted by Crippen LogP contribution is 2.34.